The second-order valence-corrected chi connectivity index (χ2v) is 17.6. The zero-order valence-electron chi connectivity index (χ0n) is 26.9. The Bertz CT molecular complexity index is 2140. The minimum absolute atomic E-state index is 0. The molecule has 3 heterocycles. The Hall–Kier alpha value is -4.29. The Morgan fingerprint density at radius 2 is 1.57 bits per heavy atom. The number of hydrogen-bond acceptors (Lipinski definition) is 3. The second kappa shape index (κ2) is 14.2. The molecular formula is C40H34F2IrN2OSi-2. The Balaban J connectivity index is 0.000000181. The summed E-state index contributed by atoms with van der Waals surface area (Å²) in [7, 11) is -1.46. The van der Waals surface area contributed by atoms with Crippen LogP contribution in [0.3, 0.4) is 0 Å². The molecule has 7 heteroatoms. The zero-order chi connectivity index (χ0) is 32.4. The van der Waals surface area contributed by atoms with E-state index < -0.39 is 19.7 Å². The predicted octanol–water partition coefficient (Wildman–Crippen LogP) is 10.6. The first-order valence-electron chi connectivity index (χ1n) is 15.3. The summed E-state index contributed by atoms with van der Waals surface area (Å²) in [5.41, 5.74) is 7.60. The number of furan rings is 1. The van der Waals surface area contributed by atoms with E-state index in [-0.39, 0.29) is 20.1 Å². The van der Waals surface area contributed by atoms with E-state index in [0.29, 0.717) is 39.1 Å². The smallest absolute Gasteiger partial charge is 0.126 e. The summed E-state index contributed by atoms with van der Waals surface area (Å²) in [5, 5.41) is 2.27. The molecule has 0 unspecified atom stereocenters. The topological polar surface area (TPSA) is 38.9 Å². The summed E-state index contributed by atoms with van der Waals surface area (Å²) in [6.07, 6.45) is 3.79. The monoisotopic (exact) mass is 817 g/mol. The van der Waals surface area contributed by atoms with Crippen molar-refractivity contribution in [2.75, 3.05) is 0 Å². The van der Waals surface area contributed by atoms with Gasteiger partial charge in [-0.15, -0.1) is 48.0 Å². The Morgan fingerprint density at radius 3 is 2.28 bits per heavy atom. The van der Waals surface area contributed by atoms with Gasteiger partial charge in [0.25, 0.3) is 0 Å². The van der Waals surface area contributed by atoms with Crippen LogP contribution in [0.1, 0.15) is 25.3 Å². The molecule has 7 aromatic rings. The molecule has 4 aromatic carbocycles. The summed E-state index contributed by atoms with van der Waals surface area (Å²) < 4.78 is 33.6. The summed E-state index contributed by atoms with van der Waals surface area (Å²) in [4.78, 5) is 9.08. The molecule has 7 rings (SSSR count). The fourth-order valence-corrected chi connectivity index (χ4v) is 6.98. The van der Waals surface area contributed by atoms with E-state index in [1.807, 2.05) is 30.3 Å². The van der Waals surface area contributed by atoms with Crippen LogP contribution in [0.2, 0.25) is 19.6 Å². The van der Waals surface area contributed by atoms with Gasteiger partial charge in [0.15, 0.2) is 0 Å². The molecule has 0 N–H and O–H groups in total. The predicted molar refractivity (Wildman–Crippen MR) is 187 cm³/mol. The molecule has 47 heavy (non-hydrogen) atoms. The van der Waals surface area contributed by atoms with Gasteiger partial charge in [0.2, 0.25) is 0 Å². The van der Waals surface area contributed by atoms with Crippen molar-refractivity contribution < 1.29 is 33.3 Å². The van der Waals surface area contributed by atoms with Crippen LogP contribution in [0.4, 0.5) is 8.78 Å². The summed E-state index contributed by atoms with van der Waals surface area (Å²) in [5.74, 6) is -0.529. The molecule has 3 aromatic heterocycles. The van der Waals surface area contributed by atoms with E-state index in [4.69, 9.17) is 9.40 Å². The molecule has 239 valence electrons. The van der Waals surface area contributed by atoms with Crippen molar-refractivity contribution in [3.63, 3.8) is 0 Å². The largest absolute Gasteiger partial charge is 0.500 e. The average molecular weight is 817 g/mol. The van der Waals surface area contributed by atoms with Crippen molar-refractivity contribution >= 4 is 35.2 Å². The SMILES string of the molecule is CC(C)c1ccnc(-c2[c-]cc(F)c3c2oc2cc(F)ccc23)c1.C[Si](C)(C)c1cnc(-c2[c-]cccc2)cc1-c1ccccc1.[Ir]. The minimum Gasteiger partial charge on any atom is -0.500 e. The molecule has 0 amide bonds. The molecule has 0 aliphatic rings. The van der Waals surface area contributed by atoms with Crippen molar-refractivity contribution in [3.05, 3.63) is 139 Å². The van der Waals surface area contributed by atoms with Gasteiger partial charge in [-0.1, -0.05) is 87.1 Å². The first-order chi connectivity index (χ1) is 22.1. The van der Waals surface area contributed by atoms with Gasteiger partial charge >= 0.3 is 0 Å². The Morgan fingerprint density at radius 1 is 0.809 bits per heavy atom. The van der Waals surface area contributed by atoms with E-state index in [0.717, 1.165) is 16.8 Å². The quantitative estimate of drug-likeness (QED) is 0.128. The third-order valence-electron chi connectivity index (χ3n) is 7.95. The number of rotatable bonds is 5. The minimum atomic E-state index is -1.46. The van der Waals surface area contributed by atoms with Gasteiger partial charge in [0.05, 0.1) is 13.7 Å². The molecule has 1 radical (unpaired) electrons. The maximum absolute atomic E-state index is 14.3. The average Bonchev–Trinajstić information content (AvgIpc) is 3.45. The van der Waals surface area contributed by atoms with E-state index in [1.54, 1.807) is 6.20 Å². The maximum atomic E-state index is 14.3. The van der Waals surface area contributed by atoms with Crippen molar-refractivity contribution in [1.29, 1.82) is 0 Å². The fraction of sp³-hybridized carbons (Fsp3) is 0.150. The van der Waals surface area contributed by atoms with Crippen LogP contribution in [-0.4, -0.2) is 18.0 Å². The molecule has 0 fully saturated rings. The molecule has 0 bridgehead atoms. The molecule has 0 atom stereocenters. The van der Waals surface area contributed by atoms with Crippen molar-refractivity contribution in [1.82, 2.24) is 9.97 Å². The molecule has 0 spiro atoms. The standard InChI is InChI=1S/C20H14F2NO.C20H20NSi.Ir/c1-11(2)12-7-8-23-17(9-12)14-5-6-16(22)19-15-4-3-13(21)10-18(15)24-20(14)19;1-22(2,3)20-15-21-19(17-12-8-5-9-13-17)14-18(20)16-10-6-4-7-11-16;/h3-4,6-11H,1-2H3;4-12,14-15H,1-3H3;/q2*-1;. The van der Waals surface area contributed by atoms with Gasteiger partial charge in [-0.05, 0) is 57.2 Å². The number of pyridine rings is 2. The van der Waals surface area contributed by atoms with Gasteiger partial charge in [-0.2, -0.15) is 0 Å². The number of aromatic nitrogens is 2. The third kappa shape index (κ3) is 7.33. The van der Waals surface area contributed by atoms with Crippen molar-refractivity contribution in [2.45, 2.75) is 39.4 Å². The first kappa shape index (κ1) is 34.1. The number of hydrogen-bond donors (Lipinski definition) is 0. The summed E-state index contributed by atoms with van der Waals surface area (Å²) >= 11 is 0. The Labute approximate surface area is 289 Å². The van der Waals surface area contributed by atoms with Crippen LogP contribution >= 0.6 is 0 Å². The van der Waals surface area contributed by atoms with Crippen molar-refractivity contribution in [3.8, 4) is 33.6 Å². The van der Waals surface area contributed by atoms with Crippen LogP contribution in [0, 0.1) is 23.8 Å². The molecule has 3 nitrogen and oxygen atoms in total. The summed E-state index contributed by atoms with van der Waals surface area (Å²) in [6.45, 7) is 11.3. The van der Waals surface area contributed by atoms with Crippen LogP contribution in [0.25, 0.3) is 55.6 Å². The van der Waals surface area contributed by atoms with E-state index in [9.17, 15) is 8.78 Å². The van der Waals surface area contributed by atoms with Gasteiger partial charge in [-0.3, -0.25) is 4.39 Å². The fourth-order valence-electron chi connectivity index (χ4n) is 5.50. The number of fused-ring (bicyclic) bond motifs is 3. The normalized spacial score (nSPS) is 11.3. The molecule has 0 saturated carbocycles. The van der Waals surface area contributed by atoms with E-state index in [1.165, 1.54) is 40.6 Å². The van der Waals surface area contributed by atoms with Gasteiger partial charge in [0.1, 0.15) is 11.4 Å². The van der Waals surface area contributed by atoms with Crippen LogP contribution in [-0.2, 0) is 20.1 Å². The molecule has 0 aliphatic carbocycles. The van der Waals surface area contributed by atoms with Crippen LogP contribution in [0.5, 0.6) is 0 Å². The number of benzene rings is 4. The number of halogens is 2. The van der Waals surface area contributed by atoms with E-state index in [2.05, 4.69) is 99.3 Å². The van der Waals surface area contributed by atoms with Gasteiger partial charge < -0.3 is 14.4 Å². The van der Waals surface area contributed by atoms with Crippen LogP contribution < -0.4 is 5.19 Å². The number of nitrogens with zero attached hydrogens (tertiary/aromatic N) is 2. The molecule has 0 aliphatic heterocycles. The molecular weight excluding hydrogens is 783 g/mol. The zero-order valence-corrected chi connectivity index (χ0v) is 30.3. The van der Waals surface area contributed by atoms with Gasteiger partial charge in [-0.25, -0.2) is 4.39 Å². The molecule has 0 saturated heterocycles. The first-order valence-corrected chi connectivity index (χ1v) is 18.8. The van der Waals surface area contributed by atoms with Crippen molar-refractivity contribution in [2.24, 2.45) is 0 Å². The summed E-state index contributed by atoms with van der Waals surface area (Å²) in [6, 6.07) is 36.3. The van der Waals surface area contributed by atoms with E-state index >= 15 is 0 Å². The maximum Gasteiger partial charge on any atom is 0.126 e. The third-order valence-corrected chi connectivity index (χ3v) is 9.96. The Kier molecular flexibility index (Phi) is 10.3. The van der Waals surface area contributed by atoms with Gasteiger partial charge in [0, 0.05) is 49.8 Å². The van der Waals surface area contributed by atoms with Crippen LogP contribution in [0.15, 0.2) is 114 Å². The second-order valence-electron chi connectivity index (χ2n) is 12.6.